The Balaban J connectivity index is 3.52. The molecule has 0 aliphatic heterocycles. The number of halogens is 1. The molecule has 0 aromatic rings. The molecule has 0 bridgehead atoms. The van der Waals surface area contributed by atoms with E-state index in [4.69, 9.17) is 10.7 Å². The van der Waals surface area contributed by atoms with Crippen LogP contribution in [0.15, 0.2) is 22.1 Å². The fraction of sp³-hybridized carbons (Fsp3) is 0.733. The lowest BCUT2D eigenvalue weighted by Gasteiger charge is -2.32. The molecule has 0 heterocycles. The van der Waals surface area contributed by atoms with Crippen molar-refractivity contribution in [3.05, 3.63) is 22.1 Å². The van der Waals surface area contributed by atoms with E-state index >= 15 is 0 Å². The summed E-state index contributed by atoms with van der Waals surface area (Å²) in [5.41, 5.74) is 2.22. The van der Waals surface area contributed by atoms with Crippen molar-refractivity contribution in [3.63, 3.8) is 0 Å². The monoisotopic (exact) mass is 304 g/mol. The first kappa shape index (κ1) is 16.8. The van der Waals surface area contributed by atoms with E-state index in [0.29, 0.717) is 10.8 Å². The van der Waals surface area contributed by atoms with Crippen LogP contribution in [0.3, 0.4) is 0 Å². The summed E-state index contributed by atoms with van der Waals surface area (Å²) >= 11 is 0. The maximum atomic E-state index is 12.0. The molecule has 1 unspecified atom stereocenters. The predicted molar refractivity (Wildman–Crippen MR) is 82.5 cm³/mol. The van der Waals surface area contributed by atoms with Gasteiger partial charge in [0.15, 0.2) is 0 Å². The van der Waals surface area contributed by atoms with E-state index < -0.39 is 9.05 Å². The van der Waals surface area contributed by atoms with E-state index in [1.54, 1.807) is 0 Å². The van der Waals surface area contributed by atoms with Crippen molar-refractivity contribution in [2.75, 3.05) is 0 Å². The second-order valence-corrected chi connectivity index (χ2v) is 8.88. The van der Waals surface area contributed by atoms with Gasteiger partial charge in [-0.3, -0.25) is 0 Å². The van der Waals surface area contributed by atoms with Crippen LogP contribution >= 0.6 is 10.7 Å². The van der Waals surface area contributed by atoms with Crippen molar-refractivity contribution < 1.29 is 8.42 Å². The summed E-state index contributed by atoms with van der Waals surface area (Å²) in [4.78, 5) is 0.448. The molecule has 0 N–H and O–H groups in total. The minimum atomic E-state index is -3.66. The van der Waals surface area contributed by atoms with E-state index in [2.05, 4.69) is 33.8 Å². The summed E-state index contributed by atoms with van der Waals surface area (Å²) in [7, 11) is 2.05. The lowest BCUT2D eigenvalue weighted by atomic mass is 9.77. The lowest BCUT2D eigenvalue weighted by Crippen LogP contribution is -2.24. The summed E-state index contributed by atoms with van der Waals surface area (Å²) in [6, 6.07) is 0. The fourth-order valence-corrected chi connectivity index (χ4v) is 4.51. The SMILES string of the molecule is CC(C)C1=CC(C(C)C)=C(S(=O)(=O)Cl)C(C(C)C)C1. The third-order valence-electron chi connectivity index (χ3n) is 3.85. The molecule has 4 heteroatoms. The van der Waals surface area contributed by atoms with Gasteiger partial charge < -0.3 is 0 Å². The smallest absolute Gasteiger partial charge is 0.207 e. The van der Waals surface area contributed by atoms with Crippen LogP contribution in [-0.4, -0.2) is 8.42 Å². The van der Waals surface area contributed by atoms with Crippen molar-refractivity contribution in [1.29, 1.82) is 0 Å². The van der Waals surface area contributed by atoms with Crippen molar-refractivity contribution in [1.82, 2.24) is 0 Å². The number of hydrogen-bond donors (Lipinski definition) is 0. The van der Waals surface area contributed by atoms with E-state index in [1.165, 1.54) is 5.57 Å². The molecule has 0 fully saturated rings. The van der Waals surface area contributed by atoms with Crippen molar-refractivity contribution in [2.24, 2.45) is 23.7 Å². The molecule has 0 saturated carbocycles. The van der Waals surface area contributed by atoms with Crippen LogP contribution in [0.5, 0.6) is 0 Å². The number of allylic oxidation sites excluding steroid dienone is 4. The van der Waals surface area contributed by atoms with Gasteiger partial charge in [-0.25, -0.2) is 8.42 Å². The molecule has 1 aliphatic rings. The van der Waals surface area contributed by atoms with Gasteiger partial charge in [-0.05, 0) is 29.7 Å². The lowest BCUT2D eigenvalue weighted by molar-refractivity contribution is 0.425. The van der Waals surface area contributed by atoms with Gasteiger partial charge in [-0.15, -0.1) is 0 Å². The topological polar surface area (TPSA) is 34.1 Å². The Hall–Kier alpha value is -0.280. The number of hydrogen-bond acceptors (Lipinski definition) is 2. The average molecular weight is 305 g/mol. The quantitative estimate of drug-likeness (QED) is 0.704. The van der Waals surface area contributed by atoms with Crippen LogP contribution in [-0.2, 0) is 9.05 Å². The molecule has 110 valence electrons. The third kappa shape index (κ3) is 3.85. The molecule has 1 aliphatic carbocycles. The van der Waals surface area contributed by atoms with Crippen LogP contribution in [0.25, 0.3) is 0 Å². The van der Waals surface area contributed by atoms with Crippen LogP contribution in [0.4, 0.5) is 0 Å². The third-order valence-corrected chi connectivity index (χ3v) is 5.41. The highest BCUT2D eigenvalue weighted by Crippen LogP contribution is 2.42. The first-order valence-electron chi connectivity index (χ1n) is 6.94. The van der Waals surface area contributed by atoms with Crippen LogP contribution in [0.1, 0.15) is 48.0 Å². The first-order chi connectivity index (χ1) is 8.55. The zero-order valence-electron chi connectivity index (χ0n) is 12.7. The Labute approximate surface area is 122 Å². The van der Waals surface area contributed by atoms with Gasteiger partial charge in [0.05, 0.1) is 4.91 Å². The van der Waals surface area contributed by atoms with Gasteiger partial charge >= 0.3 is 0 Å². The minimum Gasteiger partial charge on any atom is -0.207 e. The largest absolute Gasteiger partial charge is 0.258 e. The van der Waals surface area contributed by atoms with Crippen LogP contribution in [0.2, 0.25) is 0 Å². The Morgan fingerprint density at radius 1 is 1.11 bits per heavy atom. The summed E-state index contributed by atoms with van der Waals surface area (Å²) in [6.45, 7) is 12.5. The molecule has 2 nitrogen and oxygen atoms in total. The molecule has 0 radical (unpaired) electrons. The van der Waals surface area contributed by atoms with E-state index in [-0.39, 0.29) is 17.8 Å². The number of rotatable bonds is 4. The van der Waals surface area contributed by atoms with Crippen LogP contribution < -0.4 is 0 Å². The van der Waals surface area contributed by atoms with Gasteiger partial charge in [0.25, 0.3) is 9.05 Å². The maximum Gasteiger partial charge on any atom is 0.258 e. The Morgan fingerprint density at radius 2 is 1.63 bits per heavy atom. The highest BCUT2D eigenvalue weighted by Gasteiger charge is 2.34. The van der Waals surface area contributed by atoms with Crippen molar-refractivity contribution >= 4 is 19.7 Å². The summed E-state index contributed by atoms with van der Waals surface area (Å²) in [5.74, 6) is 0.871. The van der Waals surface area contributed by atoms with Gasteiger partial charge in [-0.1, -0.05) is 53.2 Å². The van der Waals surface area contributed by atoms with Crippen LogP contribution in [0, 0.1) is 23.7 Å². The van der Waals surface area contributed by atoms with Crippen molar-refractivity contribution in [2.45, 2.75) is 48.0 Å². The Morgan fingerprint density at radius 3 is 1.95 bits per heavy atom. The fourth-order valence-electron chi connectivity index (χ4n) is 2.60. The molecule has 1 atom stereocenters. The highest BCUT2D eigenvalue weighted by molar-refractivity contribution is 8.16. The molecule has 0 amide bonds. The normalized spacial score (nSPS) is 21.6. The second-order valence-electron chi connectivity index (χ2n) is 6.34. The van der Waals surface area contributed by atoms with E-state index in [9.17, 15) is 8.42 Å². The zero-order chi connectivity index (χ0) is 15.0. The Kier molecular flexibility index (Phi) is 5.30. The van der Waals surface area contributed by atoms with E-state index in [1.807, 2.05) is 13.8 Å². The van der Waals surface area contributed by atoms with Gasteiger partial charge in [0.2, 0.25) is 0 Å². The predicted octanol–water partition coefficient (Wildman–Crippen LogP) is 4.72. The van der Waals surface area contributed by atoms with E-state index in [0.717, 1.165) is 12.0 Å². The molecule has 0 aromatic carbocycles. The van der Waals surface area contributed by atoms with Gasteiger partial charge in [-0.2, -0.15) is 0 Å². The van der Waals surface area contributed by atoms with Gasteiger partial charge in [0.1, 0.15) is 0 Å². The highest BCUT2D eigenvalue weighted by atomic mass is 35.7. The molecule has 0 spiro atoms. The van der Waals surface area contributed by atoms with Crippen molar-refractivity contribution in [3.8, 4) is 0 Å². The Bertz CT molecular complexity index is 496. The standard InChI is InChI=1S/C15H25ClO2S/c1-9(2)12-7-13(10(3)4)15(19(16,17)18)14(8-12)11(5)6/h7,9-11,14H,8H2,1-6H3. The maximum absolute atomic E-state index is 12.0. The molecule has 0 saturated heterocycles. The second kappa shape index (κ2) is 6.01. The summed E-state index contributed by atoms with van der Waals surface area (Å²) in [5, 5.41) is 0. The van der Waals surface area contributed by atoms with Gasteiger partial charge in [0, 0.05) is 16.6 Å². The minimum absolute atomic E-state index is 0.00213. The summed E-state index contributed by atoms with van der Waals surface area (Å²) in [6.07, 6.45) is 2.86. The molecule has 0 aromatic heterocycles. The average Bonchev–Trinajstić information content (AvgIpc) is 2.25. The summed E-state index contributed by atoms with van der Waals surface area (Å²) < 4.78 is 23.9. The molecule has 1 rings (SSSR count). The first-order valence-corrected chi connectivity index (χ1v) is 9.25. The molecular weight excluding hydrogens is 280 g/mol. The molecule has 19 heavy (non-hydrogen) atoms. The zero-order valence-corrected chi connectivity index (χ0v) is 14.3. The molecular formula is C15H25ClO2S.